The fourth-order valence-corrected chi connectivity index (χ4v) is 2.67. The number of benzene rings is 1. The lowest BCUT2D eigenvalue weighted by Crippen LogP contribution is -2.10. The molecule has 0 radical (unpaired) electrons. The van der Waals surface area contributed by atoms with Gasteiger partial charge in [0.15, 0.2) is 0 Å². The maximum Gasteiger partial charge on any atom is 0.123 e. The molecule has 0 saturated heterocycles. The third-order valence-corrected chi connectivity index (χ3v) is 3.87. The Labute approximate surface area is 119 Å². The smallest absolute Gasteiger partial charge is 0.123 e. The number of aryl methyl sites for hydroxylation is 1. The molecule has 1 unspecified atom stereocenters. The number of aromatic nitrogens is 2. The second-order valence-corrected chi connectivity index (χ2v) is 5.19. The van der Waals surface area contributed by atoms with Crippen molar-refractivity contribution in [3.8, 4) is 0 Å². The molecule has 1 atom stereocenters. The molecule has 1 aromatic carbocycles. The van der Waals surface area contributed by atoms with Crippen LogP contribution in [0.5, 0.6) is 0 Å². The fraction of sp³-hybridized carbons (Fsp3) is 0.250. The number of aliphatic hydroxyl groups is 1. The van der Waals surface area contributed by atoms with Crippen LogP contribution in [0.2, 0.25) is 5.02 Å². The molecular weight excluding hydrogens is 351 g/mol. The molecule has 90 valence electrons. The van der Waals surface area contributed by atoms with E-state index < -0.39 is 6.10 Å². The van der Waals surface area contributed by atoms with Gasteiger partial charge in [-0.05, 0) is 41.1 Å². The summed E-state index contributed by atoms with van der Waals surface area (Å²) in [6, 6.07) is 7.70. The van der Waals surface area contributed by atoms with Crippen molar-refractivity contribution in [3.05, 3.63) is 50.3 Å². The summed E-state index contributed by atoms with van der Waals surface area (Å²) in [5, 5.41) is 15.0. The molecule has 2 rings (SSSR count). The van der Waals surface area contributed by atoms with Crippen molar-refractivity contribution in [1.82, 2.24) is 9.78 Å². The minimum absolute atomic E-state index is 0.499. The van der Waals surface area contributed by atoms with Gasteiger partial charge in [0.05, 0.1) is 16.9 Å². The van der Waals surface area contributed by atoms with Crippen LogP contribution in [-0.4, -0.2) is 14.9 Å². The van der Waals surface area contributed by atoms with E-state index in [9.17, 15) is 5.11 Å². The van der Waals surface area contributed by atoms with E-state index in [1.165, 1.54) is 0 Å². The zero-order chi connectivity index (χ0) is 12.4. The van der Waals surface area contributed by atoms with Crippen molar-refractivity contribution in [1.29, 1.82) is 0 Å². The van der Waals surface area contributed by atoms with Crippen LogP contribution in [0.1, 0.15) is 24.3 Å². The van der Waals surface area contributed by atoms with Gasteiger partial charge in [-0.25, -0.2) is 0 Å². The molecule has 0 bridgehead atoms. The molecule has 2 aromatic rings. The van der Waals surface area contributed by atoms with Gasteiger partial charge in [0.2, 0.25) is 0 Å². The van der Waals surface area contributed by atoms with Gasteiger partial charge in [-0.3, -0.25) is 4.68 Å². The van der Waals surface area contributed by atoms with Crippen LogP contribution in [0.15, 0.2) is 30.5 Å². The monoisotopic (exact) mass is 362 g/mol. The summed E-state index contributed by atoms with van der Waals surface area (Å²) in [5.74, 6) is 0. The Bertz CT molecular complexity index is 527. The number of rotatable bonds is 3. The van der Waals surface area contributed by atoms with E-state index >= 15 is 0 Å². The zero-order valence-corrected chi connectivity index (χ0v) is 12.2. The maximum atomic E-state index is 10.4. The van der Waals surface area contributed by atoms with Gasteiger partial charge in [0, 0.05) is 10.1 Å². The second kappa shape index (κ2) is 5.37. The highest BCUT2D eigenvalue weighted by Gasteiger charge is 2.20. The lowest BCUT2D eigenvalue weighted by molar-refractivity contribution is 0.207. The van der Waals surface area contributed by atoms with Gasteiger partial charge < -0.3 is 5.11 Å². The summed E-state index contributed by atoms with van der Waals surface area (Å²) < 4.78 is 2.73. The van der Waals surface area contributed by atoms with Crippen LogP contribution in [0.3, 0.4) is 0 Å². The highest BCUT2D eigenvalue weighted by Crippen LogP contribution is 2.30. The van der Waals surface area contributed by atoms with Crippen LogP contribution in [0.4, 0.5) is 0 Å². The Morgan fingerprint density at radius 1 is 1.47 bits per heavy atom. The largest absolute Gasteiger partial charge is 0.382 e. The Hall–Kier alpha value is -0.590. The minimum Gasteiger partial charge on any atom is -0.382 e. The van der Waals surface area contributed by atoms with Crippen molar-refractivity contribution in [3.63, 3.8) is 0 Å². The number of nitrogens with zero attached hydrogens (tertiary/aromatic N) is 2. The SMILES string of the molecule is CCn1ncc(Cl)c1C(O)c1ccccc1I. The van der Waals surface area contributed by atoms with E-state index in [-0.39, 0.29) is 0 Å². The number of halogens is 2. The average Bonchev–Trinajstić information content (AvgIpc) is 2.70. The quantitative estimate of drug-likeness (QED) is 0.851. The third-order valence-electron chi connectivity index (χ3n) is 2.59. The number of aliphatic hydroxyl groups excluding tert-OH is 1. The van der Waals surface area contributed by atoms with Crippen molar-refractivity contribution in [2.75, 3.05) is 0 Å². The molecule has 1 aromatic heterocycles. The Balaban J connectivity index is 2.47. The Morgan fingerprint density at radius 3 is 2.82 bits per heavy atom. The second-order valence-electron chi connectivity index (χ2n) is 3.62. The topological polar surface area (TPSA) is 38.0 Å². The first-order valence-corrected chi connectivity index (χ1v) is 6.74. The molecule has 0 aliphatic heterocycles. The summed E-state index contributed by atoms with van der Waals surface area (Å²) in [5.41, 5.74) is 1.50. The zero-order valence-electron chi connectivity index (χ0n) is 9.27. The van der Waals surface area contributed by atoms with E-state index in [4.69, 9.17) is 11.6 Å². The van der Waals surface area contributed by atoms with Gasteiger partial charge in [0.25, 0.3) is 0 Å². The fourth-order valence-electron chi connectivity index (χ4n) is 1.74. The standard InChI is InChI=1S/C12H12ClIN2O/c1-2-16-11(9(13)7-15-16)12(17)8-5-3-4-6-10(8)14/h3-7,12,17H,2H2,1H3. The summed E-state index contributed by atoms with van der Waals surface area (Å²) >= 11 is 8.28. The molecule has 0 aliphatic rings. The Kier molecular flexibility index (Phi) is 4.06. The van der Waals surface area contributed by atoms with E-state index in [1.54, 1.807) is 10.9 Å². The summed E-state index contributed by atoms with van der Waals surface area (Å²) in [6.07, 6.45) is 0.831. The number of hydrogen-bond acceptors (Lipinski definition) is 2. The van der Waals surface area contributed by atoms with E-state index in [0.717, 1.165) is 9.13 Å². The molecule has 0 saturated carbocycles. The highest BCUT2D eigenvalue weighted by molar-refractivity contribution is 14.1. The van der Waals surface area contributed by atoms with Crippen molar-refractivity contribution in [2.45, 2.75) is 19.6 Å². The summed E-state index contributed by atoms with van der Waals surface area (Å²) in [4.78, 5) is 0. The van der Waals surface area contributed by atoms with Gasteiger partial charge in [-0.1, -0.05) is 29.8 Å². The Morgan fingerprint density at radius 2 is 2.18 bits per heavy atom. The van der Waals surface area contributed by atoms with Gasteiger partial charge in [-0.2, -0.15) is 5.10 Å². The van der Waals surface area contributed by atoms with Gasteiger partial charge in [-0.15, -0.1) is 0 Å². The van der Waals surface area contributed by atoms with Crippen molar-refractivity contribution < 1.29 is 5.11 Å². The van der Waals surface area contributed by atoms with Gasteiger partial charge >= 0.3 is 0 Å². The molecule has 17 heavy (non-hydrogen) atoms. The van der Waals surface area contributed by atoms with Crippen LogP contribution in [-0.2, 0) is 6.54 Å². The molecule has 0 aliphatic carbocycles. The third kappa shape index (κ3) is 2.48. The molecule has 3 nitrogen and oxygen atoms in total. The molecule has 0 amide bonds. The maximum absolute atomic E-state index is 10.4. The molecule has 0 fully saturated rings. The van der Waals surface area contributed by atoms with E-state index in [0.29, 0.717) is 17.3 Å². The first-order valence-electron chi connectivity index (χ1n) is 5.28. The van der Waals surface area contributed by atoms with Gasteiger partial charge in [0.1, 0.15) is 6.10 Å². The predicted octanol–water partition coefficient (Wildman–Crippen LogP) is 3.24. The van der Waals surface area contributed by atoms with Crippen LogP contribution in [0, 0.1) is 3.57 Å². The first-order chi connectivity index (χ1) is 8.15. The molecule has 0 spiro atoms. The highest BCUT2D eigenvalue weighted by atomic mass is 127. The molecule has 5 heteroatoms. The average molecular weight is 363 g/mol. The van der Waals surface area contributed by atoms with E-state index in [1.807, 2.05) is 31.2 Å². The van der Waals surface area contributed by atoms with Crippen molar-refractivity contribution >= 4 is 34.2 Å². The van der Waals surface area contributed by atoms with E-state index in [2.05, 4.69) is 27.7 Å². The molecule has 1 N–H and O–H groups in total. The lowest BCUT2D eigenvalue weighted by atomic mass is 10.1. The summed E-state index contributed by atoms with van der Waals surface area (Å²) in [6.45, 7) is 2.65. The van der Waals surface area contributed by atoms with Crippen molar-refractivity contribution in [2.24, 2.45) is 0 Å². The normalized spacial score (nSPS) is 12.7. The van der Waals surface area contributed by atoms with Crippen LogP contribution < -0.4 is 0 Å². The minimum atomic E-state index is -0.738. The van der Waals surface area contributed by atoms with Crippen LogP contribution in [0.25, 0.3) is 0 Å². The first kappa shape index (κ1) is 12.9. The van der Waals surface area contributed by atoms with Crippen LogP contribution >= 0.6 is 34.2 Å². The number of hydrogen-bond donors (Lipinski definition) is 1. The predicted molar refractivity (Wildman–Crippen MR) is 76.1 cm³/mol. The molecular formula is C12H12ClIN2O. The molecule has 1 heterocycles. The summed E-state index contributed by atoms with van der Waals surface area (Å²) in [7, 11) is 0. The lowest BCUT2D eigenvalue weighted by Gasteiger charge is -2.14.